The number of carbonyl (C=O) groups is 2. The fraction of sp³-hybridized carbons (Fsp3) is 0.318. The fourth-order valence-electron chi connectivity index (χ4n) is 3.14. The van der Waals surface area contributed by atoms with Crippen LogP contribution in [-0.2, 0) is 27.3 Å². The maximum absolute atomic E-state index is 11.9. The van der Waals surface area contributed by atoms with Crippen molar-refractivity contribution < 1.29 is 23.8 Å². The van der Waals surface area contributed by atoms with Crippen molar-refractivity contribution in [3.05, 3.63) is 65.2 Å². The Morgan fingerprint density at radius 3 is 2.47 bits per heavy atom. The Morgan fingerprint density at radius 2 is 1.83 bits per heavy atom. The lowest BCUT2D eigenvalue weighted by Gasteiger charge is -2.20. The fourth-order valence-corrected chi connectivity index (χ4v) is 3.14. The second-order valence-electron chi connectivity index (χ2n) is 6.91. The highest BCUT2D eigenvalue weighted by Gasteiger charge is 2.34. The zero-order valence-corrected chi connectivity index (χ0v) is 16.8. The van der Waals surface area contributed by atoms with Crippen molar-refractivity contribution in [1.29, 1.82) is 5.41 Å². The van der Waals surface area contributed by atoms with Crippen LogP contribution in [0.5, 0.6) is 5.75 Å². The molecule has 0 aliphatic carbocycles. The van der Waals surface area contributed by atoms with Gasteiger partial charge in [0.2, 0.25) is 0 Å². The van der Waals surface area contributed by atoms with E-state index in [0.717, 1.165) is 16.9 Å². The number of esters is 1. The van der Waals surface area contributed by atoms with E-state index in [-0.39, 0.29) is 31.6 Å². The summed E-state index contributed by atoms with van der Waals surface area (Å²) in [4.78, 5) is 25.0. The number of amidine groups is 1. The molecule has 1 atom stereocenters. The van der Waals surface area contributed by atoms with Crippen molar-refractivity contribution in [3.8, 4) is 5.75 Å². The Balaban J connectivity index is 1.54. The molecule has 1 heterocycles. The number of hydrogen-bond donors (Lipinski definition) is 2. The number of nitrogens with two attached hydrogens (primary N) is 1. The van der Waals surface area contributed by atoms with Gasteiger partial charge in [-0.15, -0.1) is 0 Å². The highest BCUT2D eigenvalue weighted by atomic mass is 16.6. The van der Waals surface area contributed by atoms with Gasteiger partial charge in [0.25, 0.3) is 0 Å². The van der Waals surface area contributed by atoms with E-state index in [1.54, 1.807) is 19.1 Å². The van der Waals surface area contributed by atoms with Crippen molar-refractivity contribution in [2.75, 3.05) is 19.8 Å². The van der Waals surface area contributed by atoms with Crippen LogP contribution in [0.2, 0.25) is 0 Å². The Hall–Kier alpha value is -3.55. The molecule has 2 aromatic carbocycles. The van der Waals surface area contributed by atoms with Crippen molar-refractivity contribution in [2.45, 2.75) is 26.0 Å². The number of benzene rings is 2. The minimum absolute atomic E-state index is 0.0354. The molecule has 0 unspecified atom stereocenters. The molecule has 0 spiro atoms. The number of amides is 1. The number of nitrogen functional groups attached to an aromatic ring is 1. The largest absolute Gasteiger partial charge is 0.489 e. The number of ether oxygens (including phenoxy) is 3. The zero-order valence-electron chi connectivity index (χ0n) is 16.8. The van der Waals surface area contributed by atoms with Gasteiger partial charge in [0.1, 0.15) is 31.3 Å². The molecule has 158 valence electrons. The summed E-state index contributed by atoms with van der Waals surface area (Å²) in [6.07, 6.45) is 0.0709. The maximum atomic E-state index is 11.9. The standard InChI is InChI=1S/C22H25N3O5/c1-2-28-20(26)12-25-18(14-30-22(25)27)11-15-5-9-19(10-6-15)29-13-16-3-7-17(8-4-16)21(23)24/h3-10,18H,2,11-14H2,1H3,(H3,23,24)/t18-/m0/s1. The van der Waals surface area contributed by atoms with Crippen LogP contribution in [0.1, 0.15) is 23.6 Å². The minimum atomic E-state index is -0.496. The van der Waals surface area contributed by atoms with E-state index >= 15 is 0 Å². The Bertz CT molecular complexity index is 896. The minimum Gasteiger partial charge on any atom is -0.489 e. The third kappa shape index (κ3) is 5.50. The molecule has 0 aromatic heterocycles. The molecule has 1 amide bonds. The highest BCUT2D eigenvalue weighted by Crippen LogP contribution is 2.20. The molecule has 30 heavy (non-hydrogen) atoms. The highest BCUT2D eigenvalue weighted by molar-refractivity contribution is 5.94. The van der Waals surface area contributed by atoms with E-state index in [1.807, 2.05) is 36.4 Å². The van der Waals surface area contributed by atoms with Gasteiger partial charge in [0.05, 0.1) is 12.6 Å². The van der Waals surface area contributed by atoms with Crippen molar-refractivity contribution in [1.82, 2.24) is 4.90 Å². The monoisotopic (exact) mass is 411 g/mol. The molecule has 1 saturated heterocycles. The molecule has 1 aliphatic heterocycles. The molecular weight excluding hydrogens is 386 g/mol. The summed E-state index contributed by atoms with van der Waals surface area (Å²) in [5.41, 5.74) is 8.11. The van der Waals surface area contributed by atoms with Gasteiger partial charge in [0.15, 0.2) is 0 Å². The molecule has 0 bridgehead atoms. The summed E-state index contributed by atoms with van der Waals surface area (Å²) >= 11 is 0. The molecule has 1 fully saturated rings. The van der Waals surface area contributed by atoms with Gasteiger partial charge in [-0.2, -0.15) is 0 Å². The van der Waals surface area contributed by atoms with E-state index in [0.29, 0.717) is 18.6 Å². The smallest absolute Gasteiger partial charge is 0.410 e. The molecular formula is C22H25N3O5. The average molecular weight is 411 g/mol. The van der Waals surface area contributed by atoms with E-state index in [4.69, 9.17) is 25.4 Å². The van der Waals surface area contributed by atoms with Crippen LogP contribution in [-0.4, -0.2) is 48.6 Å². The number of rotatable bonds is 9. The molecule has 3 N–H and O–H groups in total. The quantitative estimate of drug-likeness (QED) is 0.372. The van der Waals surface area contributed by atoms with Crippen LogP contribution in [0.25, 0.3) is 0 Å². The number of cyclic esters (lactones) is 1. The maximum Gasteiger partial charge on any atom is 0.410 e. The summed E-state index contributed by atoms with van der Waals surface area (Å²) < 4.78 is 15.8. The third-order valence-electron chi connectivity index (χ3n) is 4.74. The van der Waals surface area contributed by atoms with Gasteiger partial charge >= 0.3 is 12.1 Å². The van der Waals surface area contributed by atoms with Gasteiger partial charge in [-0.1, -0.05) is 36.4 Å². The summed E-state index contributed by atoms with van der Waals surface area (Å²) in [7, 11) is 0. The first-order valence-corrected chi connectivity index (χ1v) is 9.70. The Kier molecular flexibility index (Phi) is 6.90. The Labute approximate surface area is 175 Å². The molecule has 8 heteroatoms. The summed E-state index contributed by atoms with van der Waals surface area (Å²) in [6, 6.07) is 14.7. The van der Waals surface area contributed by atoms with Crippen LogP contribution in [0.4, 0.5) is 4.79 Å². The molecule has 0 saturated carbocycles. The van der Waals surface area contributed by atoms with Gasteiger partial charge in [-0.3, -0.25) is 15.1 Å². The predicted octanol–water partition coefficient (Wildman–Crippen LogP) is 2.48. The van der Waals surface area contributed by atoms with Crippen LogP contribution >= 0.6 is 0 Å². The summed E-state index contributed by atoms with van der Waals surface area (Å²) in [6.45, 7) is 2.53. The van der Waals surface area contributed by atoms with E-state index in [9.17, 15) is 9.59 Å². The van der Waals surface area contributed by atoms with Crippen molar-refractivity contribution in [2.24, 2.45) is 5.73 Å². The normalized spacial score (nSPS) is 15.6. The lowest BCUT2D eigenvalue weighted by Crippen LogP contribution is -2.39. The lowest BCUT2D eigenvalue weighted by molar-refractivity contribution is -0.144. The molecule has 3 rings (SSSR count). The predicted molar refractivity (Wildman–Crippen MR) is 110 cm³/mol. The zero-order chi connectivity index (χ0) is 21.5. The van der Waals surface area contributed by atoms with Gasteiger partial charge in [0, 0.05) is 5.56 Å². The lowest BCUT2D eigenvalue weighted by atomic mass is 10.1. The summed E-state index contributed by atoms with van der Waals surface area (Å²) in [5.74, 6) is 0.311. The SMILES string of the molecule is CCOC(=O)CN1C(=O)OC[C@@H]1Cc1ccc(OCc2ccc(C(=N)N)cc2)cc1. The van der Waals surface area contributed by atoms with Gasteiger partial charge in [-0.05, 0) is 36.6 Å². The second kappa shape index (κ2) is 9.78. The second-order valence-corrected chi connectivity index (χ2v) is 6.91. The first-order valence-electron chi connectivity index (χ1n) is 9.70. The number of carbonyl (C=O) groups excluding carboxylic acids is 2. The van der Waals surface area contributed by atoms with Crippen LogP contribution in [0.15, 0.2) is 48.5 Å². The van der Waals surface area contributed by atoms with Crippen LogP contribution in [0.3, 0.4) is 0 Å². The van der Waals surface area contributed by atoms with E-state index < -0.39 is 12.1 Å². The molecule has 0 radical (unpaired) electrons. The molecule has 1 aliphatic rings. The Morgan fingerprint density at radius 1 is 1.17 bits per heavy atom. The number of nitrogens with one attached hydrogen (secondary N) is 1. The van der Waals surface area contributed by atoms with E-state index in [1.165, 1.54) is 4.90 Å². The number of nitrogens with zero attached hydrogens (tertiary/aromatic N) is 1. The van der Waals surface area contributed by atoms with Gasteiger partial charge in [-0.25, -0.2) is 4.79 Å². The third-order valence-corrected chi connectivity index (χ3v) is 4.74. The van der Waals surface area contributed by atoms with Crippen molar-refractivity contribution in [3.63, 3.8) is 0 Å². The van der Waals surface area contributed by atoms with E-state index in [2.05, 4.69) is 0 Å². The first kappa shape index (κ1) is 21.2. The molecule has 2 aromatic rings. The van der Waals surface area contributed by atoms with Crippen molar-refractivity contribution >= 4 is 17.9 Å². The summed E-state index contributed by atoms with van der Waals surface area (Å²) in [5, 5.41) is 7.41. The number of hydrogen-bond acceptors (Lipinski definition) is 6. The van der Waals surface area contributed by atoms with Crippen LogP contribution in [0, 0.1) is 5.41 Å². The first-order chi connectivity index (χ1) is 14.5. The van der Waals surface area contributed by atoms with Gasteiger partial charge < -0.3 is 19.9 Å². The molecule has 8 nitrogen and oxygen atoms in total. The van der Waals surface area contributed by atoms with Crippen LogP contribution < -0.4 is 10.5 Å². The topological polar surface area (TPSA) is 115 Å². The average Bonchev–Trinajstić information content (AvgIpc) is 3.07.